The molecule has 1 fully saturated rings. The number of oxazole rings is 1. The van der Waals surface area contributed by atoms with Crippen molar-refractivity contribution in [3.8, 4) is 0 Å². The van der Waals surface area contributed by atoms with E-state index in [0.29, 0.717) is 37.5 Å². The van der Waals surface area contributed by atoms with Gasteiger partial charge in [0.1, 0.15) is 11.6 Å². The predicted molar refractivity (Wildman–Crippen MR) is 105 cm³/mol. The summed E-state index contributed by atoms with van der Waals surface area (Å²) in [7, 11) is 0. The molecule has 1 saturated heterocycles. The van der Waals surface area contributed by atoms with Crippen molar-refractivity contribution in [3.63, 3.8) is 0 Å². The van der Waals surface area contributed by atoms with Crippen LogP contribution in [0, 0.1) is 5.92 Å². The highest BCUT2D eigenvalue weighted by Gasteiger charge is 2.30. The minimum Gasteiger partial charge on any atom is -0.423 e. The highest BCUT2D eigenvalue weighted by atomic mass is 16.4. The van der Waals surface area contributed by atoms with Gasteiger partial charge in [0.25, 0.3) is 6.01 Å². The number of nitrogens with zero attached hydrogens (tertiary/aromatic N) is 2. The maximum absolute atomic E-state index is 12.7. The zero-order valence-electron chi connectivity index (χ0n) is 15.4. The van der Waals surface area contributed by atoms with Crippen LogP contribution in [-0.2, 0) is 9.59 Å². The molecule has 2 aromatic carbocycles. The number of carbonyl (C=O) groups excluding carboxylic acids is 2. The number of para-hydroxylation sites is 2. The lowest BCUT2D eigenvalue weighted by Crippen LogP contribution is -2.44. The van der Waals surface area contributed by atoms with E-state index in [-0.39, 0.29) is 11.8 Å². The quantitative estimate of drug-likeness (QED) is 0.710. The summed E-state index contributed by atoms with van der Waals surface area (Å²) in [5.41, 5.74) is 7.76. The smallest absolute Gasteiger partial charge is 0.298 e. The highest BCUT2D eigenvalue weighted by Crippen LogP contribution is 2.27. The zero-order valence-corrected chi connectivity index (χ0v) is 15.4. The largest absolute Gasteiger partial charge is 0.423 e. The van der Waals surface area contributed by atoms with E-state index in [0.717, 1.165) is 11.1 Å². The molecule has 4 rings (SSSR count). The first kappa shape index (κ1) is 18.0. The molecule has 0 spiro atoms. The Kier molecular flexibility index (Phi) is 4.97. The Hall–Kier alpha value is -3.35. The molecule has 3 aromatic rings. The number of amides is 2. The number of rotatable bonds is 5. The standard InChI is InChI=1S/C21H22N4O3/c22-19(26)18(14-6-2-1-3-7-14)24-20(27)15-10-12-25(13-11-15)21-23-16-8-4-5-9-17(16)28-21/h1-9,15,18H,10-13H2,(H2,22,26)(H,24,27). The van der Waals surface area contributed by atoms with Gasteiger partial charge in [-0.3, -0.25) is 9.59 Å². The van der Waals surface area contributed by atoms with Gasteiger partial charge in [-0.25, -0.2) is 0 Å². The molecule has 2 amide bonds. The molecule has 7 nitrogen and oxygen atoms in total. The van der Waals surface area contributed by atoms with Gasteiger partial charge in [-0.15, -0.1) is 0 Å². The first-order valence-electron chi connectivity index (χ1n) is 9.37. The predicted octanol–water partition coefficient (Wildman–Crippen LogP) is 2.39. The normalized spacial score (nSPS) is 16.1. The van der Waals surface area contributed by atoms with Gasteiger partial charge in [-0.05, 0) is 30.5 Å². The number of hydrogen-bond donors (Lipinski definition) is 2. The molecule has 2 heterocycles. The topological polar surface area (TPSA) is 101 Å². The molecule has 0 saturated carbocycles. The Bertz CT molecular complexity index is 944. The van der Waals surface area contributed by atoms with Crippen molar-refractivity contribution in [1.29, 1.82) is 0 Å². The number of carbonyl (C=O) groups is 2. The SMILES string of the molecule is NC(=O)C(NC(=O)C1CCN(c2nc3ccccc3o2)CC1)c1ccccc1. The molecule has 1 unspecified atom stereocenters. The lowest BCUT2D eigenvalue weighted by molar-refractivity contribution is -0.130. The van der Waals surface area contributed by atoms with Crippen molar-refractivity contribution in [1.82, 2.24) is 10.3 Å². The number of anilines is 1. The van der Waals surface area contributed by atoms with Crippen molar-refractivity contribution in [2.45, 2.75) is 18.9 Å². The third kappa shape index (κ3) is 3.69. The summed E-state index contributed by atoms with van der Waals surface area (Å²) in [4.78, 5) is 31.1. The van der Waals surface area contributed by atoms with E-state index < -0.39 is 11.9 Å². The third-order valence-corrected chi connectivity index (χ3v) is 5.12. The van der Waals surface area contributed by atoms with Crippen LogP contribution in [0.4, 0.5) is 6.01 Å². The van der Waals surface area contributed by atoms with Gasteiger partial charge < -0.3 is 20.4 Å². The van der Waals surface area contributed by atoms with Crippen LogP contribution in [0.1, 0.15) is 24.4 Å². The fourth-order valence-corrected chi connectivity index (χ4v) is 3.55. The second-order valence-electron chi connectivity index (χ2n) is 6.98. The minimum absolute atomic E-state index is 0.148. The van der Waals surface area contributed by atoms with Crippen LogP contribution < -0.4 is 16.0 Å². The molecule has 28 heavy (non-hydrogen) atoms. The number of benzene rings is 2. The molecule has 144 valence electrons. The summed E-state index contributed by atoms with van der Waals surface area (Å²) < 4.78 is 5.81. The van der Waals surface area contributed by atoms with Crippen LogP contribution in [0.3, 0.4) is 0 Å². The van der Waals surface area contributed by atoms with Crippen molar-refractivity contribution in [3.05, 3.63) is 60.2 Å². The van der Waals surface area contributed by atoms with Crippen LogP contribution in [0.2, 0.25) is 0 Å². The second kappa shape index (κ2) is 7.72. The van der Waals surface area contributed by atoms with Gasteiger partial charge in [0.05, 0.1) is 0 Å². The molecule has 1 aliphatic rings. The van der Waals surface area contributed by atoms with E-state index in [1.807, 2.05) is 47.4 Å². The van der Waals surface area contributed by atoms with Gasteiger partial charge >= 0.3 is 0 Å². The van der Waals surface area contributed by atoms with Crippen molar-refractivity contribution in [2.24, 2.45) is 11.7 Å². The van der Waals surface area contributed by atoms with Crippen LogP contribution in [-0.4, -0.2) is 29.9 Å². The molecule has 1 aliphatic heterocycles. The number of aromatic nitrogens is 1. The van der Waals surface area contributed by atoms with Crippen molar-refractivity contribution < 1.29 is 14.0 Å². The second-order valence-corrected chi connectivity index (χ2v) is 6.98. The van der Waals surface area contributed by atoms with Gasteiger partial charge in [0.15, 0.2) is 5.58 Å². The Morgan fingerprint density at radius 3 is 2.43 bits per heavy atom. The summed E-state index contributed by atoms with van der Waals surface area (Å²) in [5.74, 6) is -0.889. The van der Waals surface area contributed by atoms with E-state index >= 15 is 0 Å². The Balaban J connectivity index is 1.38. The lowest BCUT2D eigenvalue weighted by atomic mass is 9.95. The first-order chi connectivity index (χ1) is 13.6. The van der Waals surface area contributed by atoms with Crippen LogP contribution in [0.25, 0.3) is 11.1 Å². The Morgan fingerprint density at radius 2 is 1.75 bits per heavy atom. The monoisotopic (exact) mass is 378 g/mol. The van der Waals surface area contributed by atoms with Gasteiger partial charge in [0, 0.05) is 19.0 Å². The molecule has 0 bridgehead atoms. The van der Waals surface area contributed by atoms with Gasteiger partial charge in [-0.2, -0.15) is 4.98 Å². The number of fused-ring (bicyclic) bond motifs is 1. The van der Waals surface area contributed by atoms with Crippen molar-refractivity contribution >= 4 is 28.9 Å². The van der Waals surface area contributed by atoms with E-state index in [4.69, 9.17) is 10.2 Å². The third-order valence-electron chi connectivity index (χ3n) is 5.12. The van der Waals surface area contributed by atoms with Gasteiger partial charge in [-0.1, -0.05) is 42.5 Å². The maximum atomic E-state index is 12.7. The summed E-state index contributed by atoms with van der Waals surface area (Å²) in [6.45, 7) is 1.33. The Labute approximate surface area is 162 Å². The van der Waals surface area contributed by atoms with E-state index in [1.54, 1.807) is 12.1 Å². The molecule has 7 heteroatoms. The summed E-state index contributed by atoms with van der Waals surface area (Å²) in [5, 5.41) is 2.81. The Morgan fingerprint density at radius 1 is 1.07 bits per heavy atom. The minimum atomic E-state index is -0.816. The summed E-state index contributed by atoms with van der Waals surface area (Å²) in [6, 6.07) is 16.5. The fraction of sp³-hybridized carbons (Fsp3) is 0.286. The number of hydrogen-bond acceptors (Lipinski definition) is 5. The zero-order chi connectivity index (χ0) is 19.5. The number of primary amides is 1. The van der Waals surface area contributed by atoms with E-state index in [1.165, 1.54) is 0 Å². The summed E-state index contributed by atoms with van der Waals surface area (Å²) in [6.07, 6.45) is 1.32. The first-order valence-corrected chi connectivity index (χ1v) is 9.37. The molecule has 3 N–H and O–H groups in total. The van der Waals surface area contributed by atoms with Crippen LogP contribution >= 0.6 is 0 Å². The number of nitrogens with one attached hydrogen (secondary N) is 1. The number of nitrogens with two attached hydrogens (primary N) is 1. The molecule has 0 aliphatic carbocycles. The lowest BCUT2D eigenvalue weighted by Gasteiger charge is -2.30. The summed E-state index contributed by atoms with van der Waals surface area (Å²) >= 11 is 0. The number of piperidine rings is 1. The van der Waals surface area contributed by atoms with Crippen LogP contribution in [0.15, 0.2) is 59.0 Å². The highest BCUT2D eigenvalue weighted by molar-refractivity contribution is 5.88. The van der Waals surface area contributed by atoms with E-state index in [2.05, 4.69) is 10.3 Å². The average Bonchev–Trinajstić information content (AvgIpc) is 3.16. The molecule has 0 radical (unpaired) electrons. The van der Waals surface area contributed by atoms with Gasteiger partial charge in [0.2, 0.25) is 11.8 Å². The molecular formula is C21H22N4O3. The van der Waals surface area contributed by atoms with E-state index in [9.17, 15) is 9.59 Å². The van der Waals surface area contributed by atoms with Crippen molar-refractivity contribution in [2.75, 3.05) is 18.0 Å². The molecular weight excluding hydrogens is 356 g/mol. The molecule has 1 atom stereocenters. The molecule has 1 aromatic heterocycles. The fourth-order valence-electron chi connectivity index (χ4n) is 3.55. The van der Waals surface area contributed by atoms with Crippen LogP contribution in [0.5, 0.6) is 0 Å². The maximum Gasteiger partial charge on any atom is 0.298 e. The average molecular weight is 378 g/mol.